The van der Waals surface area contributed by atoms with Crippen LogP contribution in [0.2, 0.25) is 0 Å². The summed E-state index contributed by atoms with van der Waals surface area (Å²) in [5.41, 5.74) is 0. The van der Waals surface area contributed by atoms with Crippen LogP contribution < -0.4 is 0 Å². The maximum atomic E-state index is 2.56. The van der Waals surface area contributed by atoms with Crippen molar-refractivity contribution in [3.8, 4) is 0 Å². The molecule has 0 aliphatic heterocycles. The first kappa shape index (κ1) is 17.3. The van der Waals surface area contributed by atoms with Gasteiger partial charge in [0.05, 0.1) is 0 Å². The van der Waals surface area contributed by atoms with E-state index in [0.29, 0.717) is 6.04 Å². The monoisotopic (exact) mass is 259 g/mol. The molecule has 1 nitrogen and oxygen atoms in total. The highest BCUT2D eigenvalue weighted by Crippen LogP contribution is 2.30. The Labute approximate surface area is 114 Å². The van der Waals surface area contributed by atoms with E-state index in [1.54, 1.807) is 0 Å². The van der Waals surface area contributed by atoms with Gasteiger partial charge < -0.3 is 4.90 Å². The summed E-state index contributed by atoms with van der Waals surface area (Å²) in [4.78, 5) is 2.56. The Bertz CT molecular complexity index is 162. The molecule has 0 amide bonds. The predicted molar refractivity (Wildman–Crippen MR) is 83.0 cm³/mol. The maximum absolute atomic E-state index is 2.56. The van der Waals surface area contributed by atoms with Crippen molar-refractivity contribution in [3.05, 3.63) is 0 Å². The second kappa shape index (κ2) is 10.3. The van der Waals surface area contributed by atoms with Gasteiger partial charge in [-0.3, -0.25) is 0 Å². The zero-order valence-corrected chi connectivity index (χ0v) is 13.6. The Balaban J connectivity index is 0.00000121. The molecule has 17 heavy (non-hydrogen) atoms. The quantitative estimate of drug-likeness (QED) is 0.706. The second-order valence-corrected chi connectivity index (χ2v) is 6.20. The van der Waals surface area contributed by atoms with Gasteiger partial charge in [0, 0.05) is 12.1 Å². The lowest BCUT2D eigenvalue weighted by atomic mass is 9.84. The Hall–Kier alpha value is 0.310. The van der Waals surface area contributed by atoms with E-state index in [1.807, 2.05) is 25.6 Å². The molecule has 0 saturated heterocycles. The van der Waals surface area contributed by atoms with Crippen LogP contribution in [-0.2, 0) is 0 Å². The van der Waals surface area contributed by atoms with Crippen LogP contribution in [0.15, 0.2) is 0 Å². The first-order valence-electron chi connectivity index (χ1n) is 7.36. The van der Waals surface area contributed by atoms with Crippen LogP contribution in [0.5, 0.6) is 0 Å². The summed E-state index contributed by atoms with van der Waals surface area (Å²) in [6.07, 6.45) is 9.43. The van der Waals surface area contributed by atoms with E-state index < -0.39 is 0 Å². The van der Waals surface area contributed by atoms with Gasteiger partial charge in [0.2, 0.25) is 0 Å². The van der Waals surface area contributed by atoms with Crippen molar-refractivity contribution in [2.24, 2.45) is 5.92 Å². The summed E-state index contributed by atoms with van der Waals surface area (Å²) in [6.45, 7) is 8.61. The molecule has 0 unspecified atom stereocenters. The van der Waals surface area contributed by atoms with E-state index in [1.165, 1.54) is 37.9 Å². The molecule has 0 N–H and O–H groups in total. The smallest absolute Gasteiger partial charge is 0.00951 e. The van der Waals surface area contributed by atoms with Crippen molar-refractivity contribution in [2.45, 2.75) is 71.9 Å². The first-order chi connectivity index (χ1) is 8.15. The van der Waals surface area contributed by atoms with E-state index >= 15 is 0 Å². The molecule has 0 atom stereocenters. The molecular formula is C15H33NS. The van der Waals surface area contributed by atoms with Crippen molar-refractivity contribution >= 4 is 11.8 Å². The highest BCUT2D eigenvalue weighted by atomic mass is 32.2. The summed E-state index contributed by atoms with van der Waals surface area (Å²) < 4.78 is 0. The molecule has 0 radical (unpaired) electrons. The standard InChI is InChI=1S/C13H27NS.C2H6/c1-11(2)14(3)13-7-5-12(6-8-13)9-10-15-4;1-2/h11-13H,5-10H2,1-4H3;1-2H3. The van der Waals surface area contributed by atoms with Crippen LogP contribution in [0.25, 0.3) is 0 Å². The number of rotatable bonds is 5. The lowest BCUT2D eigenvalue weighted by molar-refractivity contribution is 0.134. The fraction of sp³-hybridized carbons (Fsp3) is 1.00. The third-order valence-corrected chi connectivity index (χ3v) is 4.58. The maximum Gasteiger partial charge on any atom is 0.00951 e. The molecule has 0 aromatic carbocycles. The van der Waals surface area contributed by atoms with Gasteiger partial charge in [-0.05, 0) is 70.9 Å². The van der Waals surface area contributed by atoms with Crippen LogP contribution >= 0.6 is 11.8 Å². The van der Waals surface area contributed by atoms with Crippen LogP contribution in [0.4, 0.5) is 0 Å². The van der Waals surface area contributed by atoms with Gasteiger partial charge in [0.25, 0.3) is 0 Å². The molecule has 0 aromatic rings. The molecule has 2 heteroatoms. The fourth-order valence-corrected chi connectivity index (χ4v) is 3.12. The minimum Gasteiger partial charge on any atom is -0.301 e. The van der Waals surface area contributed by atoms with Gasteiger partial charge in [-0.25, -0.2) is 0 Å². The zero-order chi connectivity index (χ0) is 13.3. The van der Waals surface area contributed by atoms with Gasteiger partial charge in [-0.1, -0.05) is 13.8 Å². The van der Waals surface area contributed by atoms with Crippen molar-refractivity contribution in [3.63, 3.8) is 0 Å². The Morgan fingerprint density at radius 2 is 1.65 bits per heavy atom. The molecular weight excluding hydrogens is 226 g/mol. The van der Waals surface area contributed by atoms with E-state index in [2.05, 4.69) is 32.1 Å². The minimum atomic E-state index is 0.706. The zero-order valence-electron chi connectivity index (χ0n) is 12.8. The highest BCUT2D eigenvalue weighted by Gasteiger charge is 2.24. The molecule has 1 saturated carbocycles. The predicted octanol–water partition coefficient (Wildman–Crippen LogP) is 4.66. The Morgan fingerprint density at radius 1 is 1.12 bits per heavy atom. The third-order valence-electron chi connectivity index (χ3n) is 3.94. The highest BCUT2D eigenvalue weighted by molar-refractivity contribution is 7.98. The van der Waals surface area contributed by atoms with E-state index in [0.717, 1.165) is 12.0 Å². The minimum absolute atomic E-state index is 0.706. The van der Waals surface area contributed by atoms with E-state index in [-0.39, 0.29) is 0 Å². The van der Waals surface area contributed by atoms with Gasteiger partial charge in [0.15, 0.2) is 0 Å². The van der Waals surface area contributed by atoms with E-state index in [4.69, 9.17) is 0 Å². The normalized spacial score (nSPS) is 24.7. The second-order valence-electron chi connectivity index (χ2n) is 5.22. The summed E-state index contributed by atoms with van der Waals surface area (Å²) >= 11 is 2.00. The van der Waals surface area contributed by atoms with Crippen LogP contribution in [0.3, 0.4) is 0 Å². The van der Waals surface area contributed by atoms with Crippen LogP contribution in [0, 0.1) is 5.92 Å². The van der Waals surface area contributed by atoms with Gasteiger partial charge in [-0.2, -0.15) is 11.8 Å². The lowest BCUT2D eigenvalue weighted by Crippen LogP contribution is -2.39. The van der Waals surface area contributed by atoms with Crippen molar-refractivity contribution in [2.75, 3.05) is 19.1 Å². The fourth-order valence-electron chi connectivity index (χ4n) is 2.55. The molecule has 1 aliphatic carbocycles. The molecule has 104 valence electrons. The molecule has 0 bridgehead atoms. The molecule has 1 aliphatic rings. The summed E-state index contributed by atoms with van der Waals surface area (Å²) in [5, 5.41) is 0. The average Bonchev–Trinajstić information content (AvgIpc) is 2.38. The molecule has 1 rings (SSSR count). The van der Waals surface area contributed by atoms with Gasteiger partial charge >= 0.3 is 0 Å². The third kappa shape index (κ3) is 6.71. The molecule has 0 spiro atoms. The number of hydrogen-bond donors (Lipinski definition) is 0. The Morgan fingerprint density at radius 3 is 2.06 bits per heavy atom. The lowest BCUT2D eigenvalue weighted by Gasteiger charge is -2.36. The molecule has 0 heterocycles. The summed E-state index contributed by atoms with van der Waals surface area (Å²) in [6, 6.07) is 1.56. The molecule has 1 fully saturated rings. The number of nitrogens with zero attached hydrogens (tertiary/aromatic N) is 1. The van der Waals surface area contributed by atoms with Crippen molar-refractivity contribution in [1.82, 2.24) is 4.90 Å². The van der Waals surface area contributed by atoms with Crippen LogP contribution in [0.1, 0.15) is 59.8 Å². The first-order valence-corrected chi connectivity index (χ1v) is 8.75. The largest absolute Gasteiger partial charge is 0.301 e. The topological polar surface area (TPSA) is 3.24 Å². The Kier molecular flexibility index (Phi) is 10.4. The number of hydrogen-bond acceptors (Lipinski definition) is 2. The van der Waals surface area contributed by atoms with Crippen LogP contribution in [-0.4, -0.2) is 36.0 Å². The summed E-state index contributed by atoms with van der Waals surface area (Å²) in [5.74, 6) is 2.38. The number of thioether (sulfide) groups is 1. The van der Waals surface area contributed by atoms with Gasteiger partial charge in [-0.15, -0.1) is 0 Å². The SMILES string of the molecule is CC.CSCCC1CCC(N(C)C(C)C)CC1. The van der Waals surface area contributed by atoms with Crippen molar-refractivity contribution in [1.29, 1.82) is 0 Å². The van der Waals surface area contributed by atoms with Gasteiger partial charge in [0.1, 0.15) is 0 Å². The molecule has 0 aromatic heterocycles. The summed E-state index contributed by atoms with van der Waals surface area (Å²) in [7, 11) is 2.29. The average molecular weight is 260 g/mol. The van der Waals surface area contributed by atoms with Crippen molar-refractivity contribution < 1.29 is 0 Å². The van der Waals surface area contributed by atoms with E-state index in [9.17, 15) is 0 Å².